The highest BCUT2D eigenvalue weighted by atomic mass is 16.2. The molecule has 5 aliphatic rings. The highest BCUT2D eigenvalue weighted by Crippen LogP contribution is 2.45. The van der Waals surface area contributed by atoms with Crippen LogP contribution in [0.2, 0.25) is 0 Å². The van der Waals surface area contributed by atoms with Crippen LogP contribution in [0.3, 0.4) is 0 Å². The summed E-state index contributed by atoms with van der Waals surface area (Å²) in [6.07, 6.45) is 10.7. The number of nitrogens with zero attached hydrogens (tertiary/aromatic N) is 3. The molecule has 0 radical (unpaired) electrons. The third-order valence-electron chi connectivity index (χ3n) is 9.15. The predicted octanol–water partition coefficient (Wildman–Crippen LogP) is 4.48. The van der Waals surface area contributed by atoms with E-state index in [1.54, 1.807) is 0 Å². The number of carbonyl (C=O) groups excluding carboxylic acids is 2. The van der Waals surface area contributed by atoms with Gasteiger partial charge in [0.05, 0.1) is 6.04 Å². The van der Waals surface area contributed by atoms with E-state index in [-0.39, 0.29) is 23.9 Å². The second-order valence-electron chi connectivity index (χ2n) is 11.8. The minimum atomic E-state index is -0.372. The highest BCUT2D eigenvalue weighted by Gasteiger charge is 2.48. The van der Waals surface area contributed by atoms with Gasteiger partial charge in [0.25, 0.3) is 5.91 Å². The Bertz CT molecular complexity index is 1000. The van der Waals surface area contributed by atoms with E-state index in [0.717, 1.165) is 49.5 Å². The zero-order chi connectivity index (χ0) is 23.4. The molecular formula is C29H39N3O2. The molecule has 1 aliphatic carbocycles. The number of likely N-dealkylation sites (tertiary alicyclic amines) is 1. The van der Waals surface area contributed by atoms with Crippen molar-refractivity contribution in [3.05, 3.63) is 47.0 Å². The Kier molecular flexibility index (Phi) is 5.79. The summed E-state index contributed by atoms with van der Waals surface area (Å²) >= 11 is 0. The first-order valence-electron chi connectivity index (χ1n) is 13.6. The van der Waals surface area contributed by atoms with Crippen LogP contribution in [0.15, 0.2) is 35.9 Å². The molecule has 2 bridgehead atoms. The number of amides is 2. The molecule has 1 aromatic carbocycles. The molecule has 182 valence electrons. The van der Waals surface area contributed by atoms with Crippen LogP contribution in [-0.4, -0.2) is 64.3 Å². The van der Waals surface area contributed by atoms with Crippen LogP contribution < -0.4 is 0 Å². The minimum absolute atomic E-state index is 0.0277. The van der Waals surface area contributed by atoms with Crippen molar-refractivity contribution in [2.24, 2.45) is 17.8 Å². The molecular weight excluding hydrogens is 422 g/mol. The van der Waals surface area contributed by atoms with E-state index in [2.05, 4.69) is 29.7 Å². The van der Waals surface area contributed by atoms with Gasteiger partial charge in [0.15, 0.2) is 0 Å². The summed E-state index contributed by atoms with van der Waals surface area (Å²) in [5.74, 6) is 1.77. The lowest BCUT2D eigenvalue weighted by Crippen LogP contribution is -2.62. The van der Waals surface area contributed by atoms with Gasteiger partial charge in [-0.1, -0.05) is 50.1 Å². The second kappa shape index (κ2) is 8.82. The van der Waals surface area contributed by atoms with E-state index in [4.69, 9.17) is 0 Å². The van der Waals surface area contributed by atoms with Gasteiger partial charge in [0.2, 0.25) is 5.91 Å². The van der Waals surface area contributed by atoms with E-state index in [1.165, 1.54) is 37.8 Å². The molecule has 0 aromatic heterocycles. The van der Waals surface area contributed by atoms with Gasteiger partial charge in [-0.25, -0.2) is 0 Å². The van der Waals surface area contributed by atoms with Crippen LogP contribution in [-0.2, 0) is 11.3 Å². The molecule has 5 atom stereocenters. The molecule has 5 heteroatoms. The van der Waals surface area contributed by atoms with E-state index in [0.29, 0.717) is 24.3 Å². The molecule has 5 nitrogen and oxygen atoms in total. The Morgan fingerprint density at radius 2 is 1.97 bits per heavy atom. The van der Waals surface area contributed by atoms with Crippen LogP contribution >= 0.6 is 0 Å². The van der Waals surface area contributed by atoms with Crippen LogP contribution in [0, 0.1) is 17.8 Å². The fourth-order valence-electron chi connectivity index (χ4n) is 7.75. The first-order valence-corrected chi connectivity index (χ1v) is 13.6. The third kappa shape index (κ3) is 3.71. The fraction of sp³-hybridized carbons (Fsp3) is 0.655. The molecule has 3 saturated heterocycles. The van der Waals surface area contributed by atoms with Gasteiger partial charge in [-0.15, -0.1) is 0 Å². The van der Waals surface area contributed by atoms with Gasteiger partial charge >= 0.3 is 0 Å². The number of benzene rings is 1. The third-order valence-corrected chi connectivity index (χ3v) is 9.15. The molecule has 3 fully saturated rings. The van der Waals surface area contributed by atoms with E-state index in [9.17, 15) is 9.59 Å². The predicted molar refractivity (Wildman–Crippen MR) is 133 cm³/mol. The molecule has 4 aliphatic heterocycles. The van der Waals surface area contributed by atoms with Crippen molar-refractivity contribution in [1.82, 2.24) is 14.7 Å². The summed E-state index contributed by atoms with van der Waals surface area (Å²) in [4.78, 5) is 34.5. The maximum Gasteiger partial charge on any atom is 0.255 e. The first-order chi connectivity index (χ1) is 16.5. The van der Waals surface area contributed by atoms with Crippen molar-refractivity contribution in [3.8, 4) is 0 Å². The largest absolute Gasteiger partial charge is 0.334 e. The summed E-state index contributed by atoms with van der Waals surface area (Å²) in [5.41, 5.74) is 3.34. The number of hydrogen-bond donors (Lipinski definition) is 0. The molecule has 4 heterocycles. The smallest absolute Gasteiger partial charge is 0.255 e. The van der Waals surface area contributed by atoms with Gasteiger partial charge in [0, 0.05) is 31.2 Å². The zero-order valence-corrected chi connectivity index (χ0v) is 20.8. The molecule has 34 heavy (non-hydrogen) atoms. The van der Waals surface area contributed by atoms with Gasteiger partial charge < -0.3 is 9.80 Å². The van der Waals surface area contributed by atoms with Crippen molar-refractivity contribution < 1.29 is 9.59 Å². The van der Waals surface area contributed by atoms with Crippen molar-refractivity contribution in [2.75, 3.05) is 19.6 Å². The average molecular weight is 462 g/mol. The maximum atomic E-state index is 14.3. The molecule has 0 unspecified atom stereocenters. The standard InChI is InChI=1S/C29H39N3O2/c1-19(2)14-26(32-18-21-8-3-4-10-24(21)28(32)33)29(34)31-13-7-9-20-15-22-16-23(27(20)31)17-30-12-6-5-11-25(22)30/h3-4,8,10,15,19,22-23,25-27H,5-7,9,11-14,16-18H2,1-2H3/t22-,23+,25-,26-,27-/m0/s1. The fourth-order valence-corrected chi connectivity index (χ4v) is 7.75. The molecule has 0 spiro atoms. The molecule has 6 rings (SSSR count). The normalized spacial score (nSPS) is 31.6. The van der Waals surface area contributed by atoms with Crippen LogP contribution in [0.25, 0.3) is 0 Å². The lowest BCUT2D eigenvalue weighted by Gasteiger charge is -2.55. The summed E-state index contributed by atoms with van der Waals surface area (Å²) in [7, 11) is 0. The number of fused-ring (bicyclic) bond motifs is 7. The number of piperidine rings is 3. The van der Waals surface area contributed by atoms with Gasteiger partial charge in [-0.05, 0) is 74.5 Å². The van der Waals surface area contributed by atoms with Crippen molar-refractivity contribution in [1.29, 1.82) is 0 Å². The van der Waals surface area contributed by atoms with Crippen molar-refractivity contribution in [2.45, 2.75) is 83.5 Å². The lowest BCUT2D eigenvalue weighted by atomic mass is 9.68. The van der Waals surface area contributed by atoms with E-state index < -0.39 is 0 Å². The first kappa shape index (κ1) is 22.3. The topological polar surface area (TPSA) is 43.9 Å². The van der Waals surface area contributed by atoms with Gasteiger partial charge in [-0.2, -0.15) is 0 Å². The minimum Gasteiger partial charge on any atom is -0.334 e. The second-order valence-corrected chi connectivity index (χ2v) is 11.8. The number of carbonyl (C=O) groups is 2. The maximum absolute atomic E-state index is 14.3. The molecule has 2 amide bonds. The number of hydrogen-bond acceptors (Lipinski definition) is 3. The summed E-state index contributed by atoms with van der Waals surface area (Å²) in [5, 5.41) is 0. The number of rotatable bonds is 4. The summed E-state index contributed by atoms with van der Waals surface area (Å²) < 4.78 is 0. The van der Waals surface area contributed by atoms with Gasteiger partial charge in [-0.3, -0.25) is 14.5 Å². The molecule has 1 aromatic rings. The highest BCUT2D eigenvalue weighted by molar-refractivity contribution is 6.01. The Hall–Kier alpha value is -2.14. The SMILES string of the molecule is CC(C)C[C@@H](C(=O)N1CCCC2=C[C@H]3C[C@H](CN4CCCC[C@@H]34)[C@H]21)N1Cc2ccccc2C1=O. The Balaban J connectivity index is 1.29. The van der Waals surface area contributed by atoms with Gasteiger partial charge in [0.1, 0.15) is 6.04 Å². The van der Waals surface area contributed by atoms with Crippen molar-refractivity contribution in [3.63, 3.8) is 0 Å². The Labute approximate surface area is 204 Å². The Morgan fingerprint density at radius 1 is 1.12 bits per heavy atom. The summed E-state index contributed by atoms with van der Waals surface area (Å²) in [6.45, 7) is 8.07. The molecule has 0 saturated carbocycles. The monoisotopic (exact) mass is 461 g/mol. The van der Waals surface area contributed by atoms with Crippen LogP contribution in [0.1, 0.15) is 74.7 Å². The van der Waals surface area contributed by atoms with Crippen LogP contribution in [0.5, 0.6) is 0 Å². The van der Waals surface area contributed by atoms with E-state index in [1.807, 2.05) is 29.2 Å². The Morgan fingerprint density at radius 3 is 2.79 bits per heavy atom. The summed E-state index contributed by atoms with van der Waals surface area (Å²) in [6, 6.07) is 8.44. The van der Waals surface area contributed by atoms with Crippen LogP contribution in [0.4, 0.5) is 0 Å². The zero-order valence-electron chi connectivity index (χ0n) is 20.8. The average Bonchev–Trinajstić information content (AvgIpc) is 3.18. The lowest BCUT2D eigenvalue weighted by molar-refractivity contribution is -0.142. The van der Waals surface area contributed by atoms with E-state index >= 15 is 0 Å². The molecule has 0 N–H and O–H groups in total. The quantitative estimate of drug-likeness (QED) is 0.621. The van der Waals surface area contributed by atoms with Crippen molar-refractivity contribution >= 4 is 11.8 Å².